The Labute approximate surface area is 108 Å². The van der Waals surface area contributed by atoms with Gasteiger partial charge >= 0.3 is 0 Å². The molecule has 7 heteroatoms. The molecule has 100 valence electrons. The molecule has 1 aromatic rings. The highest BCUT2D eigenvalue weighted by atomic mass is 32.2. The third-order valence-corrected chi connectivity index (χ3v) is 2.70. The lowest BCUT2D eigenvalue weighted by atomic mass is 10.2. The molecule has 0 saturated carbocycles. The van der Waals surface area contributed by atoms with E-state index in [0.717, 1.165) is 0 Å². The average Bonchev–Trinajstić information content (AvgIpc) is 2.31. The van der Waals surface area contributed by atoms with E-state index in [1.54, 1.807) is 24.3 Å². The Kier molecular flexibility index (Phi) is 6.34. The molecule has 0 aromatic heterocycles. The largest absolute Gasteiger partial charge is 0.399 e. The third-order valence-electron chi connectivity index (χ3n) is 2.25. The molecule has 0 radical (unpaired) electrons. The molecule has 0 aliphatic heterocycles. The van der Waals surface area contributed by atoms with Crippen LogP contribution in [0.1, 0.15) is 19.3 Å². The van der Waals surface area contributed by atoms with Gasteiger partial charge in [-0.15, -0.1) is 0 Å². The van der Waals surface area contributed by atoms with Gasteiger partial charge < -0.3 is 11.1 Å². The molecule has 0 spiro atoms. The standard InChI is InChI=1S/C11H17N3O3S/c12-9-4-6-10(7-5-9)14-11(15)3-1-2-8-13-18(16)17/h4-7,13H,1-3,8,12H2,(H,14,15)(H,16,17). The van der Waals surface area contributed by atoms with Gasteiger partial charge in [-0.3, -0.25) is 9.35 Å². The van der Waals surface area contributed by atoms with Crippen molar-refractivity contribution in [3.63, 3.8) is 0 Å². The van der Waals surface area contributed by atoms with Crippen LogP contribution in [-0.2, 0) is 16.1 Å². The molecule has 5 N–H and O–H groups in total. The molecular formula is C11H17N3O3S. The molecule has 0 saturated heterocycles. The number of nitrogens with one attached hydrogen (secondary N) is 2. The second kappa shape index (κ2) is 7.80. The van der Waals surface area contributed by atoms with Crippen LogP contribution in [0.4, 0.5) is 11.4 Å². The maximum atomic E-state index is 11.5. The van der Waals surface area contributed by atoms with Crippen molar-refractivity contribution in [2.75, 3.05) is 17.6 Å². The Bertz CT molecular complexity index is 408. The van der Waals surface area contributed by atoms with Crippen LogP contribution in [0.15, 0.2) is 24.3 Å². The summed E-state index contributed by atoms with van der Waals surface area (Å²) in [6.45, 7) is 0.415. The number of anilines is 2. The van der Waals surface area contributed by atoms with Crippen molar-refractivity contribution in [1.29, 1.82) is 0 Å². The van der Waals surface area contributed by atoms with E-state index in [-0.39, 0.29) is 5.91 Å². The van der Waals surface area contributed by atoms with Gasteiger partial charge in [0.15, 0.2) is 0 Å². The van der Waals surface area contributed by atoms with Gasteiger partial charge in [-0.2, -0.15) is 0 Å². The van der Waals surface area contributed by atoms with Crippen molar-refractivity contribution in [2.24, 2.45) is 0 Å². The number of carbonyl (C=O) groups excluding carboxylic acids is 1. The molecule has 0 aliphatic carbocycles. The van der Waals surface area contributed by atoms with Gasteiger partial charge in [0.1, 0.15) is 0 Å². The molecule has 1 amide bonds. The van der Waals surface area contributed by atoms with Gasteiger partial charge in [0.2, 0.25) is 17.2 Å². The lowest BCUT2D eigenvalue weighted by Gasteiger charge is -2.05. The van der Waals surface area contributed by atoms with Gasteiger partial charge in [0.05, 0.1) is 0 Å². The fourth-order valence-electron chi connectivity index (χ4n) is 1.36. The van der Waals surface area contributed by atoms with Crippen LogP contribution >= 0.6 is 0 Å². The van der Waals surface area contributed by atoms with Crippen LogP contribution in [-0.4, -0.2) is 21.2 Å². The first kappa shape index (κ1) is 14.6. The van der Waals surface area contributed by atoms with Crippen molar-refractivity contribution in [2.45, 2.75) is 19.3 Å². The number of hydrogen-bond acceptors (Lipinski definition) is 3. The first-order valence-electron chi connectivity index (χ1n) is 5.57. The molecule has 1 unspecified atom stereocenters. The minimum absolute atomic E-state index is 0.0788. The van der Waals surface area contributed by atoms with E-state index in [9.17, 15) is 9.00 Å². The number of nitrogen functional groups attached to an aromatic ring is 1. The number of hydrogen-bond donors (Lipinski definition) is 4. The third kappa shape index (κ3) is 6.33. The van der Waals surface area contributed by atoms with Crippen molar-refractivity contribution < 1.29 is 13.6 Å². The maximum Gasteiger partial charge on any atom is 0.231 e. The summed E-state index contributed by atoms with van der Waals surface area (Å²) < 4.78 is 21.1. The fourth-order valence-corrected chi connectivity index (χ4v) is 1.68. The van der Waals surface area contributed by atoms with Crippen molar-refractivity contribution >= 4 is 28.5 Å². The number of carbonyl (C=O) groups is 1. The van der Waals surface area contributed by atoms with Crippen LogP contribution in [0.2, 0.25) is 0 Å². The molecule has 1 atom stereocenters. The Hall–Kier alpha value is -1.44. The van der Waals surface area contributed by atoms with Crippen molar-refractivity contribution in [3.05, 3.63) is 24.3 Å². The van der Waals surface area contributed by atoms with Crippen LogP contribution in [0.3, 0.4) is 0 Å². The quantitative estimate of drug-likeness (QED) is 0.338. The molecule has 1 rings (SSSR count). The van der Waals surface area contributed by atoms with Crippen LogP contribution < -0.4 is 15.8 Å². The zero-order valence-electron chi connectivity index (χ0n) is 9.89. The number of benzene rings is 1. The monoisotopic (exact) mass is 271 g/mol. The minimum Gasteiger partial charge on any atom is -0.399 e. The SMILES string of the molecule is Nc1ccc(NC(=O)CCCCNS(=O)O)cc1. The molecule has 0 aliphatic rings. The number of unbranched alkanes of at least 4 members (excludes halogenated alkanes) is 1. The number of rotatable bonds is 7. The highest BCUT2D eigenvalue weighted by Crippen LogP contribution is 2.11. The van der Waals surface area contributed by atoms with E-state index < -0.39 is 11.3 Å². The van der Waals surface area contributed by atoms with Gasteiger partial charge in [0, 0.05) is 24.3 Å². The smallest absolute Gasteiger partial charge is 0.231 e. The van der Waals surface area contributed by atoms with Crippen molar-refractivity contribution in [1.82, 2.24) is 4.72 Å². The first-order chi connectivity index (χ1) is 8.58. The zero-order chi connectivity index (χ0) is 13.4. The number of amides is 1. The van der Waals surface area contributed by atoms with E-state index in [1.807, 2.05) is 0 Å². The fraction of sp³-hybridized carbons (Fsp3) is 0.364. The van der Waals surface area contributed by atoms with Crippen LogP contribution in [0.25, 0.3) is 0 Å². The second-order valence-corrected chi connectivity index (χ2v) is 4.56. The lowest BCUT2D eigenvalue weighted by Crippen LogP contribution is -2.18. The Morgan fingerprint density at radius 3 is 2.56 bits per heavy atom. The van der Waals surface area contributed by atoms with E-state index in [2.05, 4.69) is 10.0 Å². The molecular weight excluding hydrogens is 254 g/mol. The molecule has 18 heavy (non-hydrogen) atoms. The topological polar surface area (TPSA) is 104 Å². The summed E-state index contributed by atoms with van der Waals surface area (Å²) in [5.74, 6) is -0.0788. The van der Waals surface area contributed by atoms with Crippen LogP contribution in [0.5, 0.6) is 0 Å². The highest BCUT2D eigenvalue weighted by Gasteiger charge is 2.02. The van der Waals surface area contributed by atoms with Crippen LogP contribution in [0, 0.1) is 0 Å². The van der Waals surface area contributed by atoms with E-state index >= 15 is 0 Å². The number of nitrogens with two attached hydrogens (primary N) is 1. The van der Waals surface area contributed by atoms with Gasteiger partial charge in [-0.05, 0) is 37.1 Å². The Morgan fingerprint density at radius 1 is 1.28 bits per heavy atom. The lowest BCUT2D eigenvalue weighted by molar-refractivity contribution is -0.116. The van der Waals surface area contributed by atoms with E-state index in [4.69, 9.17) is 10.3 Å². The summed E-state index contributed by atoms with van der Waals surface area (Å²) in [6, 6.07) is 6.92. The molecule has 0 heterocycles. The van der Waals surface area contributed by atoms with Crippen molar-refractivity contribution in [3.8, 4) is 0 Å². The normalized spacial score (nSPS) is 12.1. The molecule has 1 aromatic carbocycles. The summed E-state index contributed by atoms with van der Waals surface area (Å²) >= 11 is -1.98. The van der Waals surface area contributed by atoms with E-state index in [1.165, 1.54) is 0 Å². The predicted molar refractivity (Wildman–Crippen MR) is 72.1 cm³/mol. The second-order valence-electron chi connectivity index (χ2n) is 3.77. The maximum absolute atomic E-state index is 11.5. The summed E-state index contributed by atoms with van der Waals surface area (Å²) in [7, 11) is 0. The van der Waals surface area contributed by atoms with E-state index in [0.29, 0.717) is 37.2 Å². The minimum atomic E-state index is -1.98. The molecule has 0 fully saturated rings. The van der Waals surface area contributed by atoms with Gasteiger partial charge in [-0.1, -0.05) is 0 Å². The summed E-state index contributed by atoms with van der Waals surface area (Å²) in [5.41, 5.74) is 6.89. The first-order valence-corrected chi connectivity index (χ1v) is 6.68. The summed E-state index contributed by atoms with van der Waals surface area (Å²) in [4.78, 5) is 11.5. The highest BCUT2D eigenvalue weighted by molar-refractivity contribution is 7.77. The van der Waals surface area contributed by atoms with Gasteiger partial charge in [-0.25, -0.2) is 8.93 Å². The summed E-state index contributed by atoms with van der Waals surface area (Å²) in [6.07, 6.45) is 1.70. The molecule has 6 nitrogen and oxygen atoms in total. The Balaban J connectivity index is 2.17. The predicted octanol–water partition coefficient (Wildman–Crippen LogP) is 1.10. The Morgan fingerprint density at radius 2 is 1.94 bits per heavy atom. The average molecular weight is 271 g/mol. The van der Waals surface area contributed by atoms with Gasteiger partial charge in [0.25, 0.3) is 0 Å². The summed E-state index contributed by atoms with van der Waals surface area (Å²) in [5, 5.41) is 2.74. The molecule has 0 bridgehead atoms. The zero-order valence-corrected chi connectivity index (χ0v) is 10.7.